The summed E-state index contributed by atoms with van der Waals surface area (Å²) in [6.45, 7) is 5.16. The molecule has 2 aromatic carbocycles. The maximum atomic E-state index is 11.8. The van der Waals surface area contributed by atoms with E-state index in [1.54, 1.807) is 0 Å². The van der Waals surface area contributed by atoms with E-state index in [4.69, 9.17) is 0 Å². The molecule has 8 nitrogen and oxygen atoms in total. The van der Waals surface area contributed by atoms with Crippen LogP contribution in [0.3, 0.4) is 0 Å². The van der Waals surface area contributed by atoms with Gasteiger partial charge in [-0.2, -0.15) is 0 Å². The van der Waals surface area contributed by atoms with Crippen LogP contribution in [0.1, 0.15) is 38.5 Å². The van der Waals surface area contributed by atoms with Crippen molar-refractivity contribution in [1.29, 1.82) is 0 Å². The summed E-state index contributed by atoms with van der Waals surface area (Å²) in [6, 6.07) is 18.6. The molecule has 0 fully saturated rings. The molecule has 202 valence electrons. The highest BCUT2D eigenvalue weighted by Gasteiger charge is 2.01. The maximum absolute atomic E-state index is 11.8. The number of carbonyl (C=O) groups excluding carboxylic acids is 2. The lowest BCUT2D eigenvalue weighted by Crippen LogP contribution is -2.31. The van der Waals surface area contributed by atoms with Gasteiger partial charge in [0.25, 0.3) is 0 Å². The van der Waals surface area contributed by atoms with Gasteiger partial charge in [-0.3, -0.25) is 0 Å². The Kier molecular flexibility index (Phi) is 21.3. The van der Waals surface area contributed by atoms with Crippen LogP contribution in [0.15, 0.2) is 60.7 Å². The summed E-state index contributed by atoms with van der Waals surface area (Å²) >= 11 is 0. The first-order chi connectivity index (χ1) is 16.7. The van der Waals surface area contributed by atoms with Gasteiger partial charge < -0.3 is 31.9 Å². The molecule has 6 N–H and O–H groups in total. The molecule has 2 aromatic rings. The second kappa shape index (κ2) is 22.9. The zero-order chi connectivity index (χ0) is 24.1. The molecule has 10 heteroatoms. The molecule has 2 rings (SSSR count). The largest absolute Gasteiger partial charge is 0.338 e. The normalized spacial score (nSPS) is 9.89. The molecule has 0 saturated carbocycles. The molecule has 0 atom stereocenters. The molecule has 0 aliphatic carbocycles. The van der Waals surface area contributed by atoms with E-state index in [0.29, 0.717) is 13.1 Å². The summed E-state index contributed by atoms with van der Waals surface area (Å²) in [4.78, 5) is 23.5. The van der Waals surface area contributed by atoms with Crippen LogP contribution in [0.4, 0.5) is 21.0 Å². The number of hydrogen-bond acceptors (Lipinski definition) is 4. The Labute approximate surface area is 228 Å². The molecular weight excluding hydrogens is 499 g/mol. The van der Waals surface area contributed by atoms with Crippen LogP contribution < -0.4 is 31.9 Å². The number of unbranched alkanes of at least 4 members (excludes halogenated alkanes) is 3. The molecule has 0 unspecified atom stereocenters. The number of amides is 4. The third-order valence-corrected chi connectivity index (χ3v) is 5.15. The van der Waals surface area contributed by atoms with Gasteiger partial charge in [0, 0.05) is 24.5 Å². The Morgan fingerprint density at radius 1 is 0.472 bits per heavy atom. The lowest BCUT2D eigenvalue weighted by atomic mass is 10.2. The average molecular weight is 542 g/mol. The first kappa shape index (κ1) is 33.5. The van der Waals surface area contributed by atoms with E-state index in [1.165, 1.54) is 25.7 Å². The van der Waals surface area contributed by atoms with Gasteiger partial charge in [0.2, 0.25) is 0 Å². The molecule has 0 bridgehead atoms. The highest BCUT2D eigenvalue weighted by atomic mass is 35.5. The molecule has 0 heterocycles. The van der Waals surface area contributed by atoms with Gasteiger partial charge in [0.05, 0.1) is 0 Å². The fourth-order valence-electron chi connectivity index (χ4n) is 3.33. The number of nitrogens with one attached hydrogen (secondary N) is 6. The summed E-state index contributed by atoms with van der Waals surface area (Å²) in [5.41, 5.74) is 1.60. The van der Waals surface area contributed by atoms with Crippen LogP contribution in [0.5, 0.6) is 0 Å². The van der Waals surface area contributed by atoms with Gasteiger partial charge in [-0.05, 0) is 76.1 Å². The minimum absolute atomic E-state index is 0. The van der Waals surface area contributed by atoms with E-state index in [1.807, 2.05) is 60.7 Å². The fourth-order valence-corrected chi connectivity index (χ4v) is 3.33. The zero-order valence-electron chi connectivity index (χ0n) is 20.9. The van der Waals surface area contributed by atoms with Crippen molar-refractivity contribution in [3.8, 4) is 0 Å². The molecule has 36 heavy (non-hydrogen) atoms. The van der Waals surface area contributed by atoms with Crippen molar-refractivity contribution >= 4 is 48.3 Å². The second-order valence-corrected chi connectivity index (χ2v) is 8.12. The highest BCUT2D eigenvalue weighted by molar-refractivity contribution is 5.89. The molecule has 0 aliphatic heterocycles. The smallest absolute Gasteiger partial charge is 0.319 e. The van der Waals surface area contributed by atoms with E-state index in [-0.39, 0.29) is 36.9 Å². The number of rotatable bonds is 17. The Morgan fingerprint density at radius 3 is 1.22 bits per heavy atom. The molecule has 4 amide bonds. The topological polar surface area (TPSA) is 106 Å². The van der Waals surface area contributed by atoms with Crippen LogP contribution in [-0.4, -0.2) is 51.3 Å². The Morgan fingerprint density at radius 2 is 0.833 bits per heavy atom. The van der Waals surface area contributed by atoms with Crippen molar-refractivity contribution in [2.75, 3.05) is 49.9 Å². The first-order valence-corrected chi connectivity index (χ1v) is 12.4. The minimum Gasteiger partial charge on any atom is -0.338 e. The van der Waals surface area contributed by atoms with Gasteiger partial charge in [-0.25, -0.2) is 9.59 Å². The summed E-state index contributed by atoms with van der Waals surface area (Å²) in [7, 11) is 0. The minimum atomic E-state index is -0.162. The quantitative estimate of drug-likeness (QED) is 0.159. The zero-order valence-corrected chi connectivity index (χ0v) is 22.5. The Hall–Kier alpha value is -2.52. The van der Waals surface area contributed by atoms with E-state index >= 15 is 0 Å². The van der Waals surface area contributed by atoms with Gasteiger partial charge >= 0.3 is 12.1 Å². The molecular formula is C26H42Cl2N6O2. The monoisotopic (exact) mass is 540 g/mol. The van der Waals surface area contributed by atoms with E-state index in [0.717, 1.165) is 50.4 Å². The molecule has 0 radical (unpaired) electrons. The summed E-state index contributed by atoms with van der Waals surface area (Å²) < 4.78 is 0. The predicted octanol–water partition coefficient (Wildman–Crippen LogP) is 4.99. The van der Waals surface area contributed by atoms with Crippen molar-refractivity contribution in [3.05, 3.63) is 60.7 Å². The van der Waals surface area contributed by atoms with Crippen LogP contribution >= 0.6 is 24.8 Å². The second-order valence-electron chi connectivity index (χ2n) is 8.12. The van der Waals surface area contributed by atoms with Crippen LogP contribution in [-0.2, 0) is 0 Å². The number of hydrogen-bond donors (Lipinski definition) is 6. The number of halogens is 2. The molecule has 0 aliphatic rings. The van der Waals surface area contributed by atoms with Crippen molar-refractivity contribution in [2.45, 2.75) is 38.5 Å². The predicted molar refractivity (Wildman–Crippen MR) is 155 cm³/mol. The van der Waals surface area contributed by atoms with Crippen molar-refractivity contribution in [2.24, 2.45) is 0 Å². The van der Waals surface area contributed by atoms with E-state index < -0.39 is 0 Å². The van der Waals surface area contributed by atoms with Crippen molar-refractivity contribution in [3.63, 3.8) is 0 Å². The fraction of sp³-hybridized carbons (Fsp3) is 0.462. The van der Waals surface area contributed by atoms with Gasteiger partial charge in [0.1, 0.15) is 0 Å². The maximum Gasteiger partial charge on any atom is 0.319 e. The van der Waals surface area contributed by atoms with Crippen molar-refractivity contribution < 1.29 is 9.59 Å². The van der Waals surface area contributed by atoms with E-state index in [2.05, 4.69) is 31.9 Å². The van der Waals surface area contributed by atoms with Crippen LogP contribution in [0, 0.1) is 0 Å². The lowest BCUT2D eigenvalue weighted by Gasteiger charge is -2.09. The van der Waals surface area contributed by atoms with Crippen LogP contribution in [0.2, 0.25) is 0 Å². The number of para-hydroxylation sites is 2. The number of benzene rings is 2. The number of anilines is 2. The lowest BCUT2D eigenvalue weighted by molar-refractivity contribution is 0.251. The number of carbonyl (C=O) groups is 2. The summed E-state index contributed by atoms with van der Waals surface area (Å²) in [5.74, 6) is 0. The average Bonchev–Trinajstić information content (AvgIpc) is 2.85. The third-order valence-electron chi connectivity index (χ3n) is 5.15. The van der Waals surface area contributed by atoms with Crippen LogP contribution in [0.25, 0.3) is 0 Å². The third kappa shape index (κ3) is 17.8. The SMILES string of the molecule is Cl.Cl.O=C(NCCCNCCCCCCNCCCNC(=O)Nc1ccccc1)Nc1ccccc1. The summed E-state index contributed by atoms with van der Waals surface area (Å²) in [6.07, 6.45) is 6.59. The van der Waals surface area contributed by atoms with Gasteiger partial charge in [-0.15, -0.1) is 24.8 Å². The molecule has 0 spiro atoms. The molecule has 0 saturated heterocycles. The Bertz CT molecular complexity index is 732. The summed E-state index contributed by atoms with van der Waals surface area (Å²) in [5, 5.41) is 18.2. The highest BCUT2D eigenvalue weighted by Crippen LogP contribution is 2.05. The molecule has 0 aromatic heterocycles. The van der Waals surface area contributed by atoms with E-state index in [9.17, 15) is 9.59 Å². The van der Waals surface area contributed by atoms with Crippen molar-refractivity contribution in [1.82, 2.24) is 21.3 Å². The first-order valence-electron chi connectivity index (χ1n) is 12.4. The standard InChI is InChI=1S/C26H40N6O2.2ClH/c33-25(31-23-13-5-3-6-14-23)29-21-11-19-27-17-9-1-2-10-18-28-20-12-22-30-26(34)32-24-15-7-4-8-16-24;;/h3-8,13-16,27-28H,1-2,9-12,17-22H2,(H2,29,31,33)(H2,30,32,34);2*1H. The number of urea groups is 2. The van der Waals surface area contributed by atoms with Gasteiger partial charge in [-0.1, -0.05) is 49.2 Å². The Balaban J connectivity index is 0.00000612. The van der Waals surface area contributed by atoms with Gasteiger partial charge in [0.15, 0.2) is 0 Å².